The van der Waals surface area contributed by atoms with E-state index >= 15 is 0 Å². The van der Waals surface area contributed by atoms with E-state index in [9.17, 15) is 9.18 Å². The summed E-state index contributed by atoms with van der Waals surface area (Å²) < 4.78 is 24.6. The monoisotopic (exact) mass is 394 g/mol. The second-order valence-corrected chi connectivity index (χ2v) is 6.90. The molecule has 0 atom stereocenters. The topological polar surface area (TPSA) is 35.5 Å². The molecule has 0 saturated carbocycles. The summed E-state index contributed by atoms with van der Waals surface area (Å²) in [6, 6.07) is 16.8. The maximum atomic E-state index is 13.0. The van der Waals surface area contributed by atoms with Crippen LogP contribution in [0.4, 0.5) is 4.39 Å². The van der Waals surface area contributed by atoms with Crippen LogP contribution in [0.2, 0.25) is 5.02 Å². The number of rotatable bonds is 4. The summed E-state index contributed by atoms with van der Waals surface area (Å²) in [5, 5.41) is 0.544. The van der Waals surface area contributed by atoms with Gasteiger partial charge in [-0.15, -0.1) is 0 Å². The summed E-state index contributed by atoms with van der Waals surface area (Å²) >= 11 is 6.17. The molecule has 3 aromatic carbocycles. The molecule has 0 unspecified atom stereocenters. The third kappa shape index (κ3) is 3.64. The molecule has 0 N–H and O–H groups in total. The van der Waals surface area contributed by atoms with Gasteiger partial charge in [0.2, 0.25) is 5.78 Å². The molecular formula is C23H16ClFO3. The van der Waals surface area contributed by atoms with Crippen molar-refractivity contribution in [3.05, 3.63) is 99.5 Å². The number of halogens is 2. The molecule has 1 heterocycles. The fraction of sp³-hybridized carbons (Fsp3) is 0.0870. The Morgan fingerprint density at radius 1 is 1.11 bits per heavy atom. The summed E-state index contributed by atoms with van der Waals surface area (Å²) in [6.45, 7) is 2.12. The minimum Gasteiger partial charge on any atom is -0.489 e. The van der Waals surface area contributed by atoms with E-state index in [2.05, 4.69) is 0 Å². The molecule has 0 saturated heterocycles. The fourth-order valence-electron chi connectivity index (χ4n) is 3.04. The predicted octanol–water partition coefficient (Wildman–Crippen LogP) is 5.98. The Hall–Kier alpha value is -3.11. The number of ether oxygens (including phenoxy) is 2. The zero-order chi connectivity index (χ0) is 19.7. The van der Waals surface area contributed by atoms with E-state index in [0.29, 0.717) is 27.6 Å². The zero-order valence-electron chi connectivity index (χ0n) is 15.0. The van der Waals surface area contributed by atoms with Gasteiger partial charge in [-0.2, -0.15) is 0 Å². The average molecular weight is 395 g/mol. The van der Waals surface area contributed by atoms with Crippen LogP contribution in [0.5, 0.6) is 11.5 Å². The van der Waals surface area contributed by atoms with Crippen molar-refractivity contribution in [3.8, 4) is 11.5 Å². The maximum absolute atomic E-state index is 13.0. The van der Waals surface area contributed by atoms with Crippen LogP contribution < -0.4 is 9.47 Å². The van der Waals surface area contributed by atoms with Crippen molar-refractivity contribution >= 4 is 23.5 Å². The Morgan fingerprint density at radius 2 is 1.86 bits per heavy atom. The highest BCUT2D eigenvalue weighted by atomic mass is 35.5. The molecule has 3 nitrogen and oxygen atoms in total. The lowest BCUT2D eigenvalue weighted by molar-refractivity contribution is 0.101. The second kappa shape index (κ2) is 7.49. The Morgan fingerprint density at radius 3 is 2.61 bits per heavy atom. The van der Waals surface area contributed by atoms with Crippen LogP contribution in [-0.2, 0) is 6.61 Å². The SMILES string of the molecule is Cc1cc(OCc2ccc(F)cc2)cc2c1C(=O)/C(=C/c1ccccc1Cl)O2. The quantitative estimate of drug-likeness (QED) is 0.510. The van der Waals surface area contributed by atoms with Crippen LogP contribution in [0, 0.1) is 12.7 Å². The molecule has 0 aliphatic carbocycles. The van der Waals surface area contributed by atoms with Gasteiger partial charge < -0.3 is 9.47 Å². The number of hydrogen-bond acceptors (Lipinski definition) is 3. The van der Waals surface area contributed by atoms with Crippen molar-refractivity contribution in [2.24, 2.45) is 0 Å². The lowest BCUT2D eigenvalue weighted by Crippen LogP contribution is -2.00. The number of ketones is 1. The zero-order valence-corrected chi connectivity index (χ0v) is 15.8. The molecule has 1 aliphatic heterocycles. The number of hydrogen-bond donors (Lipinski definition) is 0. The van der Waals surface area contributed by atoms with Crippen LogP contribution in [-0.4, -0.2) is 5.78 Å². The number of benzene rings is 3. The van der Waals surface area contributed by atoms with Gasteiger partial charge in [0.05, 0.1) is 5.56 Å². The normalized spacial score (nSPS) is 14.1. The van der Waals surface area contributed by atoms with Crippen LogP contribution in [0.25, 0.3) is 6.08 Å². The highest BCUT2D eigenvalue weighted by molar-refractivity contribution is 6.32. The number of aryl methyl sites for hydroxylation is 1. The molecule has 5 heteroatoms. The molecule has 0 radical (unpaired) electrons. The van der Waals surface area contributed by atoms with E-state index in [1.54, 1.807) is 36.4 Å². The third-order valence-electron chi connectivity index (χ3n) is 4.45. The lowest BCUT2D eigenvalue weighted by atomic mass is 10.0. The van der Waals surface area contributed by atoms with Gasteiger partial charge >= 0.3 is 0 Å². The molecule has 0 spiro atoms. The van der Waals surface area contributed by atoms with E-state index in [1.807, 2.05) is 25.1 Å². The number of carbonyl (C=O) groups excluding carboxylic acids is 1. The molecular weight excluding hydrogens is 379 g/mol. The maximum Gasteiger partial charge on any atom is 0.232 e. The van der Waals surface area contributed by atoms with Gasteiger partial charge in [0, 0.05) is 11.1 Å². The molecule has 3 aromatic rings. The first-order valence-corrected chi connectivity index (χ1v) is 9.10. The van der Waals surface area contributed by atoms with Crippen LogP contribution >= 0.6 is 11.6 Å². The van der Waals surface area contributed by atoms with E-state index in [0.717, 1.165) is 11.1 Å². The second-order valence-electron chi connectivity index (χ2n) is 6.49. The minimum absolute atomic E-state index is 0.183. The molecule has 28 heavy (non-hydrogen) atoms. The van der Waals surface area contributed by atoms with Crippen LogP contribution in [0.1, 0.15) is 27.0 Å². The number of fused-ring (bicyclic) bond motifs is 1. The summed E-state index contributed by atoms with van der Waals surface area (Å²) in [5.74, 6) is 0.783. The van der Waals surface area contributed by atoms with Crippen LogP contribution in [0.15, 0.2) is 66.4 Å². The Kier molecular flexibility index (Phi) is 4.88. The number of Topliss-reactive ketones (excluding diaryl/α,β-unsaturated/α-hetero) is 1. The van der Waals surface area contributed by atoms with Crippen molar-refractivity contribution in [2.75, 3.05) is 0 Å². The lowest BCUT2D eigenvalue weighted by Gasteiger charge is -2.09. The van der Waals surface area contributed by atoms with Crippen molar-refractivity contribution < 1.29 is 18.7 Å². The van der Waals surface area contributed by atoms with Crippen LogP contribution in [0.3, 0.4) is 0 Å². The standard InChI is InChI=1S/C23H16ClFO3/c1-14-10-18(27-13-15-6-8-17(25)9-7-15)12-20-22(14)23(26)21(28-20)11-16-4-2-3-5-19(16)24/h2-12H,13H2,1H3/b21-11-. The minimum atomic E-state index is -0.290. The molecule has 0 aromatic heterocycles. The molecule has 4 rings (SSSR count). The molecule has 0 fully saturated rings. The van der Waals surface area contributed by atoms with Crippen molar-refractivity contribution in [2.45, 2.75) is 13.5 Å². The first-order chi connectivity index (χ1) is 13.5. The van der Waals surface area contributed by atoms with Gasteiger partial charge in [-0.1, -0.05) is 41.9 Å². The van der Waals surface area contributed by atoms with E-state index in [1.165, 1.54) is 12.1 Å². The van der Waals surface area contributed by atoms with Gasteiger partial charge in [0.15, 0.2) is 5.76 Å². The average Bonchev–Trinajstić information content (AvgIpc) is 2.99. The first-order valence-electron chi connectivity index (χ1n) is 8.72. The molecule has 1 aliphatic rings. The molecule has 0 bridgehead atoms. The van der Waals surface area contributed by atoms with Gasteiger partial charge in [0.1, 0.15) is 23.9 Å². The van der Waals surface area contributed by atoms with Gasteiger partial charge in [0.25, 0.3) is 0 Å². The summed E-state index contributed by atoms with van der Waals surface area (Å²) in [6.07, 6.45) is 1.64. The summed E-state index contributed by atoms with van der Waals surface area (Å²) in [5.41, 5.74) is 2.84. The fourth-order valence-corrected chi connectivity index (χ4v) is 3.23. The Labute approximate surface area is 167 Å². The number of allylic oxidation sites excluding steroid dienone is 1. The predicted molar refractivity (Wildman–Crippen MR) is 106 cm³/mol. The van der Waals surface area contributed by atoms with Gasteiger partial charge in [-0.3, -0.25) is 4.79 Å². The first kappa shape index (κ1) is 18.3. The van der Waals surface area contributed by atoms with Gasteiger partial charge in [-0.05, 0) is 54.0 Å². The largest absolute Gasteiger partial charge is 0.489 e. The van der Waals surface area contributed by atoms with E-state index < -0.39 is 0 Å². The molecule has 140 valence electrons. The van der Waals surface area contributed by atoms with Gasteiger partial charge in [-0.25, -0.2) is 4.39 Å². The molecule has 0 amide bonds. The Bertz CT molecular complexity index is 1090. The number of carbonyl (C=O) groups is 1. The van der Waals surface area contributed by atoms with E-state index in [-0.39, 0.29) is 24.0 Å². The van der Waals surface area contributed by atoms with Crippen molar-refractivity contribution in [1.82, 2.24) is 0 Å². The van der Waals surface area contributed by atoms with Crippen molar-refractivity contribution in [1.29, 1.82) is 0 Å². The summed E-state index contributed by atoms with van der Waals surface area (Å²) in [4.78, 5) is 12.7. The van der Waals surface area contributed by atoms with Crippen molar-refractivity contribution in [3.63, 3.8) is 0 Å². The highest BCUT2D eigenvalue weighted by Crippen LogP contribution is 2.38. The third-order valence-corrected chi connectivity index (χ3v) is 4.80. The summed E-state index contributed by atoms with van der Waals surface area (Å²) in [7, 11) is 0. The smallest absolute Gasteiger partial charge is 0.232 e. The Balaban J connectivity index is 1.57. The van der Waals surface area contributed by atoms with E-state index in [4.69, 9.17) is 21.1 Å². The highest BCUT2D eigenvalue weighted by Gasteiger charge is 2.30.